The molecule has 0 rings (SSSR count). The number of carbonyl (C=O) groups excluding carboxylic acids is 1. The summed E-state index contributed by atoms with van der Waals surface area (Å²) in [7, 11) is 1.91. The lowest BCUT2D eigenvalue weighted by Crippen LogP contribution is -2.24. The first-order chi connectivity index (χ1) is 5.57. The van der Waals surface area contributed by atoms with Gasteiger partial charge in [-0.05, 0) is 20.4 Å². The molecule has 0 saturated heterocycles. The minimum atomic E-state index is -0.321. The van der Waals surface area contributed by atoms with Crippen molar-refractivity contribution in [3.8, 4) is 0 Å². The first-order valence-electron chi connectivity index (χ1n) is 4.09. The smallest absolute Gasteiger partial charge is 0.334 e. The zero-order valence-electron chi connectivity index (χ0n) is 8.09. The first kappa shape index (κ1) is 11.2. The lowest BCUT2D eigenvalue weighted by Gasteiger charge is -2.14. The molecule has 0 radical (unpaired) electrons. The molecule has 0 unspecified atom stereocenters. The maximum atomic E-state index is 10.9. The summed E-state index contributed by atoms with van der Waals surface area (Å²) >= 11 is 0. The van der Waals surface area contributed by atoms with Gasteiger partial charge in [-0.3, -0.25) is 4.90 Å². The molecule has 0 saturated carbocycles. The number of nitrogens with zero attached hydrogens (tertiary/aromatic N) is 1. The van der Waals surface area contributed by atoms with Crippen LogP contribution in [0.1, 0.15) is 20.3 Å². The highest BCUT2D eigenvalue weighted by atomic mass is 16.5. The third-order valence-electron chi connectivity index (χ3n) is 1.37. The van der Waals surface area contributed by atoms with Crippen LogP contribution in [-0.4, -0.2) is 31.2 Å². The van der Waals surface area contributed by atoms with Crippen molar-refractivity contribution < 1.29 is 9.53 Å². The topological polar surface area (TPSA) is 29.5 Å². The van der Waals surface area contributed by atoms with E-state index in [1.165, 1.54) is 0 Å². The van der Waals surface area contributed by atoms with Gasteiger partial charge in [0.25, 0.3) is 0 Å². The van der Waals surface area contributed by atoms with Gasteiger partial charge in [-0.1, -0.05) is 13.5 Å². The zero-order valence-corrected chi connectivity index (χ0v) is 8.09. The molecule has 0 amide bonds. The molecule has 0 aliphatic carbocycles. The number of hydrogen-bond acceptors (Lipinski definition) is 3. The van der Waals surface area contributed by atoms with E-state index in [2.05, 4.69) is 13.5 Å². The molecule has 0 bridgehead atoms. The quantitative estimate of drug-likeness (QED) is 0.356. The van der Waals surface area contributed by atoms with E-state index in [-0.39, 0.29) is 5.97 Å². The van der Waals surface area contributed by atoms with Gasteiger partial charge in [-0.25, -0.2) is 4.79 Å². The molecule has 0 aliphatic heterocycles. The van der Waals surface area contributed by atoms with Crippen LogP contribution in [0.5, 0.6) is 0 Å². The average molecular weight is 171 g/mol. The van der Waals surface area contributed by atoms with Gasteiger partial charge in [0.15, 0.2) is 0 Å². The van der Waals surface area contributed by atoms with Crippen LogP contribution in [0.4, 0.5) is 0 Å². The van der Waals surface area contributed by atoms with Crippen molar-refractivity contribution in [2.75, 3.05) is 20.3 Å². The van der Waals surface area contributed by atoms with Crippen molar-refractivity contribution in [3.63, 3.8) is 0 Å². The Hall–Kier alpha value is -0.830. The molecule has 12 heavy (non-hydrogen) atoms. The minimum absolute atomic E-state index is 0.321. The standard InChI is InChI=1S/C9H17NO2/c1-5-6-10(4)7-12-9(11)8(2)3/h2,5-7H2,1,3-4H3. The van der Waals surface area contributed by atoms with Crippen molar-refractivity contribution in [2.45, 2.75) is 20.3 Å². The van der Waals surface area contributed by atoms with Crippen molar-refractivity contribution in [2.24, 2.45) is 0 Å². The fourth-order valence-corrected chi connectivity index (χ4v) is 0.738. The van der Waals surface area contributed by atoms with Gasteiger partial charge < -0.3 is 4.74 Å². The summed E-state index contributed by atoms with van der Waals surface area (Å²) in [5.41, 5.74) is 0.444. The fraction of sp³-hybridized carbons (Fsp3) is 0.667. The summed E-state index contributed by atoms with van der Waals surface area (Å²) in [6, 6.07) is 0. The predicted octanol–water partition coefficient (Wildman–Crippen LogP) is 1.41. The molecule has 3 nitrogen and oxygen atoms in total. The Morgan fingerprint density at radius 3 is 2.58 bits per heavy atom. The molecule has 3 heteroatoms. The van der Waals surface area contributed by atoms with Crippen LogP contribution < -0.4 is 0 Å². The highest BCUT2D eigenvalue weighted by Crippen LogP contribution is 1.93. The van der Waals surface area contributed by atoms with E-state index in [1.54, 1.807) is 6.92 Å². The number of carbonyl (C=O) groups is 1. The predicted molar refractivity (Wildman–Crippen MR) is 48.7 cm³/mol. The van der Waals surface area contributed by atoms with Gasteiger partial charge in [-0.2, -0.15) is 0 Å². The lowest BCUT2D eigenvalue weighted by molar-refractivity contribution is -0.143. The van der Waals surface area contributed by atoms with E-state index in [9.17, 15) is 4.79 Å². The van der Waals surface area contributed by atoms with Crippen LogP contribution in [-0.2, 0) is 9.53 Å². The van der Waals surface area contributed by atoms with Gasteiger partial charge in [0, 0.05) is 12.1 Å². The van der Waals surface area contributed by atoms with Crippen molar-refractivity contribution >= 4 is 5.97 Å². The van der Waals surface area contributed by atoms with Crippen LogP contribution in [0.3, 0.4) is 0 Å². The SMILES string of the molecule is C=C(C)C(=O)OCN(C)CCC. The maximum Gasteiger partial charge on any atom is 0.334 e. The fourth-order valence-electron chi connectivity index (χ4n) is 0.738. The van der Waals surface area contributed by atoms with E-state index in [1.807, 2.05) is 11.9 Å². The Labute approximate surface area is 74.0 Å². The Morgan fingerprint density at radius 1 is 1.58 bits per heavy atom. The minimum Gasteiger partial charge on any atom is -0.446 e. The second-order valence-corrected chi connectivity index (χ2v) is 2.92. The Morgan fingerprint density at radius 2 is 2.17 bits per heavy atom. The average Bonchev–Trinajstić information content (AvgIpc) is 2.00. The summed E-state index contributed by atoms with van der Waals surface area (Å²) in [4.78, 5) is 12.8. The number of esters is 1. The number of rotatable bonds is 5. The van der Waals surface area contributed by atoms with Crippen LogP contribution in [0.25, 0.3) is 0 Å². The molecule has 70 valence electrons. The summed E-state index contributed by atoms with van der Waals surface area (Å²) in [5, 5.41) is 0. The van der Waals surface area contributed by atoms with Crippen molar-refractivity contribution in [1.29, 1.82) is 0 Å². The van der Waals surface area contributed by atoms with Gasteiger partial charge in [0.05, 0.1) is 0 Å². The van der Waals surface area contributed by atoms with E-state index < -0.39 is 0 Å². The monoisotopic (exact) mass is 171 g/mol. The van der Waals surface area contributed by atoms with Gasteiger partial charge >= 0.3 is 5.97 Å². The van der Waals surface area contributed by atoms with Crippen molar-refractivity contribution in [1.82, 2.24) is 4.90 Å². The van der Waals surface area contributed by atoms with Crippen molar-refractivity contribution in [3.05, 3.63) is 12.2 Å². The number of hydrogen-bond donors (Lipinski definition) is 0. The molecule has 0 fully saturated rings. The molecule has 0 N–H and O–H groups in total. The van der Waals surface area contributed by atoms with Crippen LogP contribution in [0.15, 0.2) is 12.2 Å². The van der Waals surface area contributed by atoms with Gasteiger partial charge in [0.2, 0.25) is 0 Å². The molecule has 0 heterocycles. The molecule has 0 aromatic heterocycles. The van der Waals surface area contributed by atoms with E-state index in [0.29, 0.717) is 12.3 Å². The number of ether oxygens (including phenoxy) is 1. The van der Waals surface area contributed by atoms with Crippen LogP contribution in [0, 0.1) is 0 Å². The zero-order chi connectivity index (χ0) is 9.56. The first-order valence-corrected chi connectivity index (χ1v) is 4.09. The van der Waals surface area contributed by atoms with E-state index in [0.717, 1.165) is 13.0 Å². The third-order valence-corrected chi connectivity index (χ3v) is 1.37. The van der Waals surface area contributed by atoms with E-state index >= 15 is 0 Å². The molecule has 0 spiro atoms. The van der Waals surface area contributed by atoms with Crippen LogP contribution >= 0.6 is 0 Å². The highest BCUT2D eigenvalue weighted by Gasteiger charge is 2.03. The van der Waals surface area contributed by atoms with Gasteiger partial charge in [-0.15, -0.1) is 0 Å². The Bertz CT molecular complexity index is 166. The molecule has 0 aromatic rings. The molecule has 0 aromatic carbocycles. The molecule has 0 atom stereocenters. The third kappa shape index (κ3) is 4.91. The van der Waals surface area contributed by atoms with Gasteiger partial charge in [0.1, 0.15) is 6.73 Å². The summed E-state index contributed by atoms with van der Waals surface area (Å²) < 4.78 is 4.91. The largest absolute Gasteiger partial charge is 0.446 e. The normalized spacial score (nSPS) is 10.0. The highest BCUT2D eigenvalue weighted by molar-refractivity contribution is 5.86. The molecular weight excluding hydrogens is 154 g/mol. The Kier molecular flexibility index (Phi) is 5.37. The second kappa shape index (κ2) is 5.77. The maximum absolute atomic E-state index is 10.9. The lowest BCUT2D eigenvalue weighted by atomic mass is 10.4. The van der Waals surface area contributed by atoms with Crippen LogP contribution in [0.2, 0.25) is 0 Å². The van der Waals surface area contributed by atoms with E-state index in [4.69, 9.17) is 4.74 Å². The molecular formula is C9H17NO2. The summed E-state index contributed by atoms with van der Waals surface area (Å²) in [5.74, 6) is -0.321. The summed E-state index contributed by atoms with van der Waals surface area (Å²) in [6.07, 6.45) is 1.06. The Balaban J connectivity index is 3.54. The molecule has 0 aliphatic rings. The summed E-state index contributed by atoms with van der Waals surface area (Å²) in [6.45, 7) is 8.49. The second-order valence-electron chi connectivity index (χ2n) is 2.92.